The molecule has 3 N–H and O–H groups in total. The molecule has 0 aliphatic carbocycles. The van der Waals surface area contributed by atoms with E-state index in [-0.39, 0.29) is 42.2 Å². The van der Waals surface area contributed by atoms with Crippen LogP contribution in [-0.2, 0) is 14.4 Å². The number of amides is 1. The van der Waals surface area contributed by atoms with Gasteiger partial charge in [-0.3, -0.25) is 14.4 Å². The van der Waals surface area contributed by atoms with E-state index in [1.165, 1.54) is 30.2 Å². The third-order valence-electron chi connectivity index (χ3n) is 5.17. The number of aryl methyl sites for hydroxylation is 1. The first-order chi connectivity index (χ1) is 14.7. The highest BCUT2D eigenvalue weighted by Gasteiger charge is 2.46. The second-order valence-corrected chi connectivity index (χ2v) is 7.29. The number of hydrogen-bond acceptors (Lipinski definition) is 6. The van der Waals surface area contributed by atoms with Crippen LogP contribution in [0, 0.1) is 6.92 Å². The van der Waals surface area contributed by atoms with Crippen molar-refractivity contribution in [3.05, 3.63) is 64.7 Å². The van der Waals surface area contributed by atoms with Gasteiger partial charge in [0.15, 0.2) is 11.5 Å². The van der Waals surface area contributed by atoms with Crippen molar-refractivity contribution in [1.82, 2.24) is 4.90 Å². The highest BCUT2D eigenvalue weighted by molar-refractivity contribution is 6.46. The Morgan fingerprint density at radius 3 is 2.39 bits per heavy atom. The average Bonchev–Trinajstić information content (AvgIpc) is 2.99. The summed E-state index contributed by atoms with van der Waals surface area (Å²) in [6.45, 7) is 1.89. The highest BCUT2D eigenvalue weighted by Crippen LogP contribution is 2.41. The maximum Gasteiger partial charge on any atom is 0.303 e. The number of ether oxygens (including phenoxy) is 1. The molecule has 0 aromatic heterocycles. The Kier molecular flexibility index (Phi) is 6.29. The van der Waals surface area contributed by atoms with Crippen LogP contribution < -0.4 is 4.74 Å². The van der Waals surface area contributed by atoms with Gasteiger partial charge in [0.1, 0.15) is 5.76 Å². The molecule has 1 atom stereocenters. The number of carbonyl (C=O) groups excluding carboxylic acids is 2. The third kappa shape index (κ3) is 4.37. The number of phenolic OH excluding ortho intramolecular Hbond substituents is 1. The van der Waals surface area contributed by atoms with Crippen LogP contribution >= 0.6 is 0 Å². The lowest BCUT2D eigenvalue weighted by Crippen LogP contribution is -2.31. The molecule has 2 aromatic carbocycles. The van der Waals surface area contributed by atoms with E-state index in [2.05, 4.69) is 0 Å². The van der Waals surface area contributed by atoms with Crippen molar-refractivity contribution in [2.45, 2.75) is 25.8 Å². The number of hydrogen-bond donors (Lipinski definition) is 3. The molecule has 1 amide bonds. The van der Waals surface area contributed by atoms with Crippen LogP contribution in [0.3, 0.4) is 0 Å². The zero-order chi connectivity index (χ0) is 22.7. The normalized spacial score (nSPS) is 17.7. The van der Waals surface area contributed by atoms with E-state index in [4.69, 9.17) is 9.84 Å². The predicted octanol–water partition coefficient (Wildman–Crippen LogP) is 3.00. The second-order valence-electron chi connectivity index (χ2n) is 7.29. The van der Waals surface area contributed by atoms with Crippen LogP contribution in [0.4, 0.5) is 0 Å². The van der Waals surface area contributed by atoms with Gasteiger partial charge >= 0.3 is 5.97 Å². The molecule has 8 heteroatoms. The number of phenols is 1. The number of benzene rings is 2. The highest BCUT2D eigenvalue weighted by atomic mass is 16.5. The Labute approximate surface area is 179 Å². The van der Waals surface area contributed by atoms with Crippen LogP contribution in [-0.4, -0.2) is 51.5 Å². The maximum atomic E-state index is 12.9. The fraction of sp³-hybridized carbons (Fsp3) is 0.261. The molecule has 31 heavy (non-hydrogen) atoms. The third-order valence-corrected chi connectivity index (χ3v) is 5.17. The van der Waals surface area contributed by atoms with Crippen molar-refractivity contribution in [3.63, 3.8) is 0 Å². The summed E-state index contributed by atoms with van der Waals surface area (Å²) in [7, 11) is 1.37. The summed E-state index contributed by atoms with van der Waals surface area (Å²) in [6.07, 6.45) is -0.0365. The van der Waals surface area contributed by atoms with Crippen molar-refractivity contribution >= 4 is 23.4 Å². The van der Waals surface area contributed by atoms with Gasteiger partial charge in [0.05, 0.1) is 18.7 Å². The van der Waals surface area contributed by atoms with Crippen LogP contribution in [0.5, 0.6) is 11.5 Å². The Morgan fingerprint density at radius 2 is 1.77 bits per heavy atom. The summed E-state index contributed by atoms with van der Waals surface area (Å²) in [5, 5.41) is 29.8. The van der Waals surface area contributed by atoms with Crippen molar-refractivity contribution in [2.24, 2.45) is 0 Å². The van der Waals surface area contributed by atoms with Crippen LogP contribution in [0.25, 0.3) is 5.76 Å². The van der Waals surface area contributed by atoms with Gasteiger partial charge in [0.2, 0.25) is 0 Å². The Morgan fingerprint density at radius 1 is 1.10 bits per heavy atom. The number of carbonyl (C=O) groups is 3. The standard InChI is InChI=1S/C23H23NO7/c1-13-5-7-14(8-6-13)21(28)19-20(15-9-10-16(25)17(12-15)31-2)24(23(30)22(19)29)11-3-4-18(26)27/h5-10,12,20,25,28H,3-4,11H2,1-2H3,(H,26,27)/b21-19+. The molecule has 1 saturated heterocycles. The lowest BCUT2D eigenvalue weighted by atomic mass is 9.94. The predicted molar refractivity (Wildman–Crippen MR) is 112 cm³/mol. The number of nitrogens with zero attached hydrogens (tertiary/aromatic N) is 1. The summed E-state index contributed by atoms with van der Waals surface area (Å²) in [6, 6.07) is 10.3. The number of carboxylic acid groups (broad SMARTS) is 1. The van der Waals surface area contributed by atoms with E-state index in [0.29, 0.717) is 11.1 Å². The van der Waals surface area contributed by atoms with Gasteiger partial charge in [-0.15, -0.1) is 0 Å². The molecule has 162 valence electrons. The minimum atomic E-state index is -1.01. The lowest BCUT2D eigenvalue weighted by molar-refractivity contribution is -0.140. The molecule has 1 fully saturated rings. The average molecular weight is 425 g/mol. The molecule has 8 nitrogen and oxygen atoms in total. The first-order valence-corrected chi connectivity index (χ1v) is 9.68. The van der Waals surface area contributed by atoms with Gasteiger partial charge < -0.3 is 25.0 Å². The molecule has 0 spiro atoms. The molecular formula is C23H23NO7. The van der Waals surface area contributed by atoms with Crippen LogP contribution in [0.15, 0.2) is 48.0 Å². The summed E-state index contributed by atoms with van der Waals surface area (Å²) >= 11 is 0. The number of aliphatic hydroxyl groups is 1. The fourth-order valence-corrected chi connectivity index (χ4v) is 3.59. The SMILES string of the molecule is COc1cc(C2/C(=C(\O)c3ccc(C)cc3)C(=O)C(=O)N2CCCC(=O)O)ccc1O. The second kappa shape index (κ2) is 8.91. The number of aliphatic carboxylic acids is 1. The van der Waals surface area contributed by atoms with E-state index < -0.39 is 23.7 Å². The van der Waals surface area contributed by atoms with Crippen molar-refractivity contribution in [1.29, 1.82) is 0 Å². The minimum absolute atomic E-state index is 0.00934. The number of ketones is 1. The maximum absolute atomic E-state index is 12.9. The molecule has 2 aromatic rings. The quantitative estimate of drug-likeness (QED) is 0.354. The fourth-order valence-electron chi connectivity index (χ4n) is 3.59. The summed E-state index contributed by atoms with van der Waals surface area (Å²) in [4.78, 5) is 37.8. The number of aliphatic hydroxyl groups excluding tert-OH is 1. The smallest absolute Gasteiger partial charge is 0.303 e. The first kappa shape index (κ1) is 21.9. The van der Waals surface area contributed by atoms with E-state index in [9.17, 15) is 24.6 Å². The summed E-state index contributed by atoms with van der Waals surface area (Å²) < 4.78 is 5.15. The van der Waals surface area contributed by atoms with Crippen molar-refractivity contribution in [2.75, 3.05) is 13.7 Å². The topological polar surface area (TPSA) is 124 Å². The van der Waals surface area contributed by atoms with Gasteiger partial charge in [0.25, 0.3) is 11.7 Å². The molecule has 1 unspecified atom stereocenters. The number of likely N-dealkylation sites (tertiary alicyclic amines) is 1. The zero-order valence-electron chi connectivity index (χ0n) is 17.2. The minimum Gasteiger partial charge on any atom is -0.507 e. The summed E-state index contributed by atoms with van der Waals surface area (Å²) in [5.74, 6) is -2.99. The van der Waals surface area contributed by atoms with E-state index in [1.807, 2.05) is 6.92 Å². The number of carboxylic acids is 1. The Balaban J connectivity index is 2.14. The Bertz CT molecular complexity index is 1060. The van der Waals surface area contributed by atoms with Gasteiger partial charge in [0, 0.05) is 18.5 Å². The molecule has 0 saturated carbocycles. The van der Waals surface area contributed by atoms with Gasteiger partial charge in [-0.1, -0.05) is 35.9 Å². The van der Waals surface area contributed by atoms with Crippen LogP contribution in [0.2, 0.25) is 0 Å². The molecule has 0 bridgehead atoms. The van der Waals surface area contributed by atoms with Gasteiger partial charge in [-0.05, 0) is 31.0 Å². The largest absolute Gasteiger partial charge is 0.507 e. The molecule has 3 rings (SSSR count). The van der Waals surface area contributed by atoms with Crippen molar-refractivity contribution in [3.8, 4) is 11.5 Å². The number of Topliss-reactive ketones (excluding diaryl/α,β-unsaturated/α-hetero) is 1. The number of aromatic hydroxyl groups is 1. The summed E-state index contributed by atoms with van der Waals surface area (Å²) in [5.41, 5.74) is 1.69. The monoisotopic (exact) mass is 425 g/mol. The van der Waals surface area contributed by atoms with Crippen molar-refractivity contribution < 1.29 is 34.4 Å². The lowest BCUT2D eigenvalue weighted by Gasteiger charge is -2.25. The zero-order valence-corrected chi connectivity index (χ0v) is 17.2. The van der Waals surface area contributed by atoms with Crippen LogP contribution in [0.1, 0.15) is 35.6 Å². The molecular weight excluding hydrogens is 402 g/mol. The molecule has 1 aliphatic rings. The first-order valence-electron chi connectivity index (χ1n) is 9.68. The number of rotatable bonds is 7. The molecule has 1 aliphatic heterocycles. The van der Waals surface area contributed by atoms with E-state index >= 15 is 0 Å². The molecule has 0 radical (unpaired) electrons. The van der Waals surface area contributed by atoms with E-state index in [0.717, 1.165) is 5.56 Å². The Hall–Kier alpha value is -3.81. The molecule has 1 heterocycles. The van der Waals surface area contributed by atoms with E-state index in [1.54, 1.807) is 24.3 Å². The number of methoxy groups -OCH3 is 1. The van der Waals surface area contributed by atoms with Gasteiger partial charge in [-0.25, -0.2) is 0 Å². The van der Waals surface area contributed by atoms with Gasteiger partial charge in [-0.2, -0.15) is 0 Å².